The number of benzene rings is 2. The van der Waals surface area contributed by atoms with Gasteiger partial charge in [0.2, 0.25) is 0 Å². The molecule has 2 rings (SSSR count). The van der Waals surface area contributed by atoms with Crippen LogP contribution in [0.1, 0.15) is 11.1 Å². The monoisotopic (exact) mass is 246 g/mol. The van der Waals surface area contributed by atoms with Crippen LogP contribution in [0, 0.1) is 0 Å². The van der Waals surface area contributed by atoms with E-state index in [0.717, 1.165) is 11.1 Å². The zero-order valence-electron chi connectivity index (χ0n) is 10.1. The van der Waals surface area contributed by atoms with Gasteiger partial charge >= 0.3 is 0 Å². The second-order valence-corrected chi connectivity index (χ2v) is 3.67. The topological polar surface area (TPSA) is 92.5 Å². The van der Waals surface area contributed by atoms with E-state index >= 15 is 0 Å². The maximum atomic E-state index is 9.03. The molecule has 2 aromatic carbocycles. The summed E-state index contributed by atoms with van der Waals surface area (Å²) in [7, 11) is 0. The Hall–Kier alpha value is -2.04. The fourth-order valence-corrected chi connectivity index (χ4v) is 1.37. The summed E-state index contributed by atoms with van der Waals surface area (Å²) in [5.74, 6) is 0.556. The van der Waals surface area contributed by atoms with Crippen molar-refractivity contribution in [2.24, 2.45) is 11.5 Å². The number of aromatic hydroxyl groups is 2. The van der Waals surface area contributed by atoms with Crippen molar-refractivity contribution in [1.29, 1.82) is 0 Å². The zero-order valence-corrected chi connectivity index (χ0v) is 10.1. The predicted octanol–water partition coefficient (Wildman–Crippen LogP) is 1.70. The van der Waals surface area contributed by atoms with Crippen molar-refractivity contribution < 1.29 is 10.2 Å². The lowest BCUT2D eigenvalue weighted by atomic mass is 10.2. The molecule has 0 bridgehead atoms. The van der Waals surface area contributed by atoms with Crippen LogP contribution >= 0.6 is 0 Å². The molecule has 0 aliphatic carbocycles. The molecular weight excluding hydrogens is 228 g/mol. The van der Waals surface area contributed by atoms with E-state index in [9.17, 15) is 0 Å². The van der Waals surface area contributed by atoms with Crippen LogP contribution < -0.4 is 11.5 Å². The summed E-state index contributed by atoms with van der Waals surface area (Å²) in [6.45, 7) is 0.791. The first-order chi connectivity index (χ1) is 8.69. The molecule has 0 amide bonds. The molecule has 0 heterocycles. The highest BCUT2D eigenvalue weighted by Gasteiger charge is 1.93. The fourth-order valence-electron chi connectivity index (χ4n) is 1.37. The van der Waals surface area contributed by atoms with Gasteiger partial charge in [0, 0.05) is 24.2 Å². The molecule has 0 spiro atoms. The Balaban J connectivity index is 0.000000180. The Kier molecular flexibility index (Phi) is 5.70. The molecule has 0 fully saturated rings. The van der Waals surface area contributed by atoms with Crippen molar-refractivity contribution in [2.45, 2.75) is 13.1 Å². The Morgan fingerprint density at radius 1 is 0.667 bits per heavy atom. The highest BCUT2D eigenvalue weighted by Crippen LogP contribution is 2.14. The minimum absolute atomic E-state index is 0.278. The van der Waals surface area contributed by atoms with Crippen molar-refractivity contribution in [3.05, 3.63) is 59.7 Å². The SMILES string of the molecule is NCc1ccccc1O.NCc1ccccc1O. The summed E-state index contributed by atoms with van der Waals surface area (Å²) < 4.78 is 0. The minimum Gasteiger partial charge on any atom is -0.508 e. The van der Waals surface area contributed by atoms with Gasteiger partial charge in [-0.1, -0.05) is 36.4 Å². The molecule has 0 unspecified atom stereocenters. The molecule has 0 saturated carbocycles. The molecule has 6 N–H and O–H groups in total. The number of phenols is 2. The number of nitrogens with two attached hydrogens (primary N) is 2. The molecule has 0 aliphatic rings. The molecule has 18 heavy (non-hydrogen) atoms. The third-order valence-corrected chi connectivity index (χ3v) is 2.42. The highest BCUT2D eigenvalue weighted by molar-refractivity contribution is 5.31. The van der Waals surface area contributed by atoms with Crippen LogP contribution in [0.5, 0.6) is 11.5 Å². The van der Waals surface area contributed by atoms with E-state index in [1.165, 1.54) is 0 Å². The maximum absolute atomic E-state index is 9.03. The van der Waals surface area contributed by atoms with Gasteiger partial charge in [-0.15, -0.1) is 0 Å². The molecule has 4 nitrogen and oxygen atoms in total. The lowest BCUT2D eigenvalue weighted by molar-refractivity contribution is 0.468. The van der Waals surface area contributed by atoms with Gasteiger partial charge in [0.05, 0.1) is 0 Å². The number of phenolic OH excluding ortho intramolecular Hbond substituents is 2. The molecule has 0 radical (unpaired) electrons. The molecule has 96 valence electrons. The first-order valence-corrected chi connectivity index (χ1v) is 5.63. The van der Waals surface area contributed by atoms with Gasteiger partial charge < -0.3 is 21.7 Å². The van der Waals surface area contributed by atoms with Gasteiger partial charge in [0.25, 0.3) is 0 Å². The van der Waals surface area contributed by atoms with E-state index in [2.05, 4.69) is 0 Å². The van der Waals surface area contributed by atoms with E-state index in [1.807, 2.05) is 12.1 Å². The largest absolute Gasteiger partial charge is 0.508 e. The number of para-hydroxylation sites is 2. The Morgan fingerprint density at radius 3 is 1.22 bits per heavy atom. The lowest BCUT2D eigenvalue weighted by Gasteiger charge is -1.97. The molecule has 0 aliphatic heterocycles. The Morgan fingerprint density at radius 2 is 1.00 bits per heavy atom. The molecule has 4 heteroatoms. The van der Waals surface area contributed by atoms with Crippen molar-refractivity contribution in [2.75, 3.05) is 0 Å². The normalized spacial score (nSPS) is 9.44. The zero-order chi connectivity index (χ0) is 13.4. The first-order valence-electron chi connectivity index (χ1n) is 5.63. The summed E-state index contributed by atoms with van der Waals surface area (Å²) in [4.78, 5) is 0. The third kappa shape index (κ3) is 4.08. The van der Waals surface area contributed by atoms with E-state index in [1.54, 1.807) is 36.4 Å². The minimum atomic E-state index is 0.278. The van der Waals surface area contributed by atoms with Crippen molar-refractivity contribution >= 4 is 0 Å². The first kappa shape index (κ1) is 14.0. The summed E-state index contributed by atoms with van der Waals surface area (Å²) in [6.07, 6.45) is 0. The number of hydrogen-bond acceptors (Lipinski definition) is 4. The van der Waals surface area contributed by atoms with Crippen LogP contribution in [0.3, 0.4) is 0 Å². The van der Waals surface area contributed by atoms with E-state index in [-0.39, 0.29) is 11.5 Å². The van der Waals surface area contributed by atoms with E-state index in [0.29, 0.717) is 13.1 Å². The molecule has 2 aromatic rings. The van der Waals surface area contributed by atoms with Gasteiger partial charge in [-0.3, -0.25) is 0 Å². The lowest BCUT2D eigenvalue weighted by Crippen LogP contribution is -1.95. The highest BCUT2D eigenvalue weighted by atomic mass is 16.3. The molecular formula is C14H18N2O2. The number of hydrogen-bond donors (Lipinski definition) is 4. The van der Waals surface area contributed by atoms with Gasteiger partial charge in [-0.25, -0.2) is 0 Å². The van der Waals surface area contributed by atoms with E-state index in [4.69, 9.17) is 21.7 Å². The second kappa shape index (κ2) is 7.32. The number of rotatable bonds is 2. The van der Waals surface area contributed by atoms with E-state index < -0.39 is 0 Å². The average molecular weight is 246 g/mol. The van der Waals surface area contributed by atoms with Crippen LogP contribution in [0.25, 0.3) is 0 Å². The van der Waals surface area contributed by atoms with Crippen molar-refractivity contribution in [1.82, 2.24) is 0 Å². The second-order valence-electron chi connectivity index (χ2n) is 3.67. The van der Waals surface area contributed by atoms with Gasteiger partial charge in [-0.2, -0.15) is 0 Å². The van der Waals surface area contributed by atoms with Crippen LogP contribution in [0.2, 0.25) is 0 Å². The van der Waals surface area contributed by atoms with Crippen LogP contribution in [0.15, 0.2) is 48.5 Å². The van der Waals surface area contributed by atoms with Crippen LogP contribution in [0.4, 0.5) is 0 Å². The quantitative estimate of drug-likeness (QED) is 0.649. The van der Waals surface area contributed by atoms with Gasteiger partial charge in [-0.05, 0) is 12.1 Å². The van der Waals surface area contributed by atoms with Crippen LogP contribution in [-0.2, 0) is 13.1 Å². The molecule has 0 aromatic heterocycles. The fraction of sp³-hybridized carbons (Fsp3) is 0.143. The smallest absolute Gasteiger partial charge is 0.120 e. The summed E-state index contributed by atoms with van der Waals surface area (Å²) in [5.41, 5.74) is 12.2. The van der Waals surface area contributed by atoms with Crippen LogP contribution in [-0.4, -0.2) is 10.2 Å². The maximum Gasteiger partial charge on any atom is 0.120 e. The van der Waals surface area contributed by atoms with Gasteiger partial charge in [0.1, 0.15) is 11.5 Å². The Bertz CT molecular complexity index is 441. The van der Waals surface area contributed by atoms with Gasteiger partial charge in [0.15, 0.2) is 0 Å². The molecule has 0 atom stereocenters. The molecule has 0 saturated heterocycles. The van der Waals surface area contributed by atoms with Crippen molar-refractivity contribution in [3.8, 4) is 11.5 Å². The summed E-state index contributed by atoms with van der Waals surface area (Å²) in [5, 5.41) is 18.1. The third-order valence-electron chi connectivity index (χ3n) is 2.42. The Labute approximate surface area is 106 Å². The van der Waals surface area contributed by atoms with Crippen molar-refractivity contribution in [3.63, 3.8) is 0 Å². The predicted molar refractivity (Wildman–Crippen MR) is 72.0 cm³/mol. The standard InChI is InChI=1S/2C7H9NO/c2*8-5-6-3-1-2-4-7(6)9/h2*1-4,9H,5,8H2. The summed E-state index contributed by atoms with van der Waals surface area (Å²) >= 11 is 0. The summed E-state index contributed by atoms with van der Waals surface area (Å²) in [6, 6.07) is 14.1. The average Bonchev–Trinajstić information content (AvgIpc) is 2.41.